The molecular weight excluding hydrogens is 274 g/mol. The van der Waals surface area contributed by atoms with Gasteiger partial charge in [0.05, 0.1) is 23.3 Å². The molecule has 0 spiro atoms. The Balaban J connectivity index is 1.89. The van der Waals surface area contributed by atoms with Crippen LogP contribution in [0.4, 0.5) is 17.1 Å². The fourth-order valence-electron chi connectivity index (χ4n) is 2.03. The molecule has 2 heterocycles. The molecule has 1 aromatic carbocycles. The molecule has 2 aromatic rings. The number of fused-ring (bicyclic) bond motifs is 1. The fraction of sp³-hybridized carbons (Fsp3) is 0.143. The predicted octanol–water partition coefficient (Wildman–Crippen LogP) is 1.75. The second kappa shape index (κ2) is 4.86. The van der Waals surface area contributed by atoms with Crippen molar-refractivity contribution in [3.8, 4) is 5.75 Å². The van der Waals surface area contributed by atoms with Gasteiger partial charge in [-0.3, -0.25) is 9.59 Å². The number of anilines is 3. The lowest BCUT2D eigenvalue weighted by Crippen LogP contribution is -2.25. The minimum absolute atomic E-state index is 0.0518. The lowest BCUT2D eigenvalue weighted by atomic mass is 10.2. The van der Waals surface area contributed by atoms with Crippen molar-refractivity contribution >= 4 is 28.9 Å². The number of rotatable bonds is 2. The van der Waals surface area contributed by atoms with E-state index in [9.17, 15) is 9.59 Å². The van der Waals surface area contributed by atoms with Crippen LogP contribution in [0, 0.1) is 6.92 Å². The van der Waals surface area contributed by atoms with Crippen molar-refractivity contribution in [1.82, 2.24) is 0 Å². The number of hydrogen-bond acceptors (Lipinski definition) is 5. The average molecular weight is 287 g/mol. The maximum absolute atomic E-state index is 12.1. The van der Waals surface area contributed by atoms with E-state index in [0.717, 1.165) is 5.56 Å². The lowest BCUT2D eigenvalue weighted by Gasteiger charge is -2.20. The van der Waals surface area contributed by atoms with Crippen LogP contribution < -0.4 is 21.1 Å². The van der Waals surface area contributed by atoms with E-state index < -0.39 is 5.91 Å². The first kappa shape index (κ1) is 13.0. The average Bonchev–Trinajstić information content (AvgIpc) is 2.86. The number of carbonyl (C=O) groups is 2. The summed E-state index contributed by atoms with van der Waals surface area (Å²) >= 11 is 0. The van der Waals surface area contributed by atoms with Crippen LogP contribution in [0.15, 0.2) is 28.9 Å². The van der Waals surface area contributed by atoms with E-state index in [4.69, 9.17) is 14.9 Å². The molecule has 7 heteroatoms. The molecule has 4 N–H and O–H groups in total. The molecule has 1 aromatic heterocycles. The van der Waals surface area contributed by atoms with Crippen molar-refractivity contribution in [3.63, 3.8) is 0 Å². The van der Waals surface area contributed by atoms with Crippen LogP contribution in [-0.2, 0) is 4.79 Å². The zero-order chi connectivity index (χ0) is 15.0. The quantitative estimate of drug-likeness (QED) is 0.729. The molecule has 0 saturated heterocycles. The number of nitrogens with one attached hydrogen (secondary N) is 2. The van der Waals surface area contributed by atoms with Crippen molar-refractivity contribution in [2.75, 3.05) is 23.0 Å². The Morgan fingerprint density at radius 3 is 2.95 bits per heavy atom. The number of hydrogen-bond donors (Lipinski definition) is 3. The molecule has 0 unspecified atom stereocenters. The number of carbonyl (C=O) groups excluding carboxylic acids is 2. The van der Waals surface area contributed by atoms with Gasteiger partial charge in [-0.25, -0.2) is 0 Å². The SMILES string of the molecule is Cc1ccoc1C(=O)Nc1cc2c(cc1N)OCC(=O)N2. The third-order valence-electron chi connectivity index (χ3n) is 3.10. The van der Waals surface area contributed by atoms with Crippen molar-refractivity contribution in [2.24, 2.45) is 0 Å². The van der Waals surface area contributed by atoms with Gasteiger partial charge in [0.1, 0.15) is 5.75 Å². The largest absolute Gasteiger partial charge is 0.482 e. The van der Waals surface area contributed by atoms with E-state index in [1.165, 1.54) is 6.26 Å². The molecule has 0 bridgehead atoms. The predicted molar refractivity (Wildman–Crippen MR) is 76.4 cm³/mol. The van der Waals surface area contributed by atoms with Gasteiger partial charge in [0.15, 0.2) is 12.4 Å². The van der Waals surface area contributed by atoms with Crippen molar-refractivity contribution in [1.29, 1.82) is 0 Å². The number of amides is 2. The molecule has 3 rings (SSSR count). The molecule has 7 nitrogen and oxygen atoms in total. The summed E-state index contributed by atoms with van der Waals surface area (Å²) in [5.41, 5.74) is 7.78. The number of aryl methyl sites for hydroxylation is 1. The van der Waals surface area contributed by atoms with E-state index in [2.05, 4.69) is 10.6 Å². The Hall–Kier alpha value is -2.96. The number of nitrogen functional groups attached to an aromatic ring is 1. The summed E-state index contributed by atoms with van der Waals surface area (Å²) in [5.74, 6) is 0.0188. The highest BCUT2D eigenvalue weighted by atomic mass is 16.5. The van der Waals surface area contributed by atoms with E-state index >= 15 is 0 Å². The standard InChI is InChI=1S/C14H13N3O4/c1-7-2-3-20-13(7)14(19)17-9-5-10-11(4-8(9)15)21-6-12(18)16-10/h2-5H,6,15H2,1H3,(H,16,18)(H,17,19). The van der Waals surface area contributed by atoms with Crippen LogP contribution in [0.2, 0.25) is 0 Å². The van der Waals surface area contributed by atoms with Gasteiger partial charge < -0.3 is 25.5 Å². The van der Waals surface area contributed by atoms with Crippen LogP contribution in [0.1, 0.15) is 16.1 Å². The molecule has 0 fully saturated rings. The number of furan rings is 1. The molecule has 1 aliphatic rings. The molecule has 108 valence electrons. The Kier molecular flexibility index (Phi) is 3.02. The number of nitrogens with two attached hydrogens (primary N) is 1. The third-order valence-corrected chi connectivity index (χ3v) is 3.10. The summed E-state index contributed by atoms with van der Waals surface area (Å²) in [6.45, 7) is 1.71. The molecule has 21 heavy (non-hydrogen) atoms. The summed E-state index contributed by atoms with van der Waals surface area (Å²) in [6, 6.07) is 4.80. The minimum Gasteiger partial charge on any atom is -0.482 e. The van der Waals surface area contributed by atoms with Crippen LogP contribution in [-0.4, -0.2) is 18.4 Å². The Morgan fingerprint density at radius 1 is 1.43 bits per heavy atom. The van der Waals surface area contributed by atoms with Gasteiger partial charge in [0.25, 0.3) is 11.8 Å². The van der Waals surface area contributed by atoms with Gasteiger partial charge in [-0.1, -0.05) is 0 Å². The Bertz CT molecular complexity index is 736. The second-order valence-corrected chi connectivity index (χ2v) is 4.66. The maximum Gasteiger partial charge on any atom is 0.291 e. The van der Waals surface area contributed by atoms with Crippen molar-refractivity contribution < 1.29 is 18.7 Å². The van der Waals surface area contributed by atoms with E-state index in [1.54, 1.807) is 25.1 Å². The summed E-state index contributed by atoms with van der Waals surface area (Å²) < 4.78 is 10.4. The smallest absolute Gasteiger partial charge is 0.291 e. The summed E-state index contributed by atoms with van der Waals surface area (Å²) in [5, 5.41) is 5.31. The molecule has 2 amide bonds. The number of benzene rings is 1. The molecule has 0 atom stereocenters. The zero-order valence-electron chi connectivity index (χ0n) is 11.2. The molecule has 0 aliphatic carbocycles. The third kappa shape index (κ3) is 2.40. The highest BCUT2D eigenvalue weighted by Gasteiger charge is 2.20. The van der Waals surface area contributed by atoms with Gasteiger partial charge in [-0.2, -0.15) is 0 Å². The Labute approximate surface area is 120 Å². The first-order chi connectivity index (χ1) is 10.0. The summed E-state index contributed by atoms with van der Waals surface area (Å²) in [4.78, 5) is 23.4. The van der Waals surface area contributed by atoms with Crippen LogP contribution in [0.5, 0.6) is 5.75 Å². The summed E-state index contributed by atoms with van der Waals surface area (Å²) in [7, 11) is 0. The van der Waals surface area contributed by atoms with Crippen LogP contribution in [0.3, 0.4) is 0 Å². The van der Waals surface area contributed by atoms with Gasteiger partial charge in [-0.15, -0.1) is 0 Å². The van der Waals surface area contributed by atoms with E-state index in [-0.39, 0.29) is 18.3 Å². The molecule has 0 radical (unpaired) electrons. The monoisotopic (exact) mass is 287 g/mol. The first-order valence-electron chi connectivity index (χ1n) is 6.26. The van der Waals surface area contributed by atoms with Crippen LogP contribution >= 0.6 is 0 Å². The topological polar surface area (TPSA) is 107 Å². The van der Waals surface area contributed by atoms with Gasteiger partial charge >= 0.3 is 0 Å². The normalized spacial score (nSPS) is 13.1. The maximum atomic E-state index is 12.1. The second-order valence-electron chi connectivity index (χ2n) is 4.66. The molecule has 1 aliphatic heterocycles. The fourth-order valence-corrected chi connectivity index (χ4v) is 2.03. The first-order valence-corrected chi connectivity index (χ1v) is 6.26. The van der Waals surface area contributed by atoms with Crippen LogP contribution in [0.25, 0.3) is 0 Å². The van der Waals surface area contributed by atoms with Crippen molar-refractivity contribution in [3.05, 3.63) is 35.8 Å². The van der Waals surface area contributed by atoms with Crippen molar-refractivity contribution in [2.45, 2.75) is 6.92 Å². The molecule has 0 saturated carbocycles. The van der Waals surface area contributed by atoms with Gasteiger partial charge in [0.2, 0.25) is 0 Å². The van der Waals surface area contributed by atoms with Gasteiger partial charge in [0, 0.05) is 11.6 Å². The zero-order valence-corrected chi connectivity index (χ0v) is 11.2. The molecular formula is C14H13N3O4. The highest BCUT2D eigenvalue weighted by Crippen LogP contribution is 2.35. The Morgan fingerprint density at radius 2 is 2.24 bits per heavy atom. The summed E-state index contributed by atoms with van der Waals surface area (Å²) in [6.07, 6.45) is 1.44. The van der Waals surface area contributed by atoms with E-state index in [1.807, 2.05) is 0 Å². The van der Waals surface area contributed by atoms with Gasteiger partial charge in [-0.05, 0) is 19.1 Å². The highest BCUT2D eigenvalue weighted by molar-refractivity contribution is 6.06. The minimum atomic E-state index is -0.410. The lowest BCUT2D eigenvalue weighted by molar-refractivity contribution is -0.118. The van der Waals surface area contributed by atoms with E-state index in [0.29, 0.717) is 22.8 Å². The number of ether oxygens (including phenoxy) is 1.